The lowest BCUT2D eigenvalue weighted by molar-refractivity contribution is -0.121. The third-order valence-corrected chi connectivity index (χ3v) is 5.21. The number of aryl methyl sites for hydroxylation is 3. The van der Waals surface area contributed by atoms with Gasteiger partial charge in [-0.2, -0.15) is 5.10 Å². The van der Waals surface area contributed by atoms with E-state index in [1.807, 2.05) is 60.4 Å². The van der Waals surface area contributed by atoms with Crippen molar-refractivity contribution in [3.8, 4) is 0 Å². The molecule has 0 aliphatic rings. The van der Waals surface area contributed by atoms with Crippen molar-refractivity contribution in [3.05, 3.63) is 59.4 Å². The first kappa shape index (κ1) is 18.2. The summed E-state index contributed by atoms with van der Waals surface area (Å²) in [7, 11) is 1.96. The van der Waals surface area contributed by atoms with Gasteiger partial charge in [0.05, 0.1) is 5.52 Å². The van der Waals surface area contributed by atoms with Gasteiger partial charge in [-0.1, -0.05) is 12.1 Å². The van der Waals surface area contributed by atoms with Crippen LogP contribution in [0.2, 0.25) is 0 Å². The Morgan fingerprint density at radius 3 is 2.79 bits per heavy atom. The van der Waals surface area contributed by atoms with Gasteiger partial charge >= 0.3 is 0 Å². The van der Waals surface area contributed by atoms with Gasteiger partial charge in [0.1, 0.15) is 5.82 Å². The average molecular weight is 376 g/mol. The molecule has 0 bridgehead atoms. The summed E-state index contributed by atoms with van der Waals surface area (Å²) in [6, 6.07) is 8.01. The lowest BCUT2D eigenvalue weighted by Gasteiger charge is -2.11. The lowest BCUT2D eigenvalue weighted by atomic mass is 10.1. The Bertz CT molecular complexity index is 1160. The quantitative estimate of drug-likeness (QED) is 0.561. The van der Waals surface area contributed by atoms with E-state index < -0.39 is 0 Å². The van der Waals surface area contributed by atoms with Crippen molar-refractivity contribution < 1.29 is 4.79 Å². The lowest BCUT2D eigenvalue weighted by Crippen LogP contribution is -2.26. The van der Waals surface area contributed by atoms with Gasteiger partial charge in [-0.15, -0.1) is 0 Å². The maximum Gasteiger partial charge on any atom is 0.220 e. The predicted octanol–water partition coefficient (Wildman–Crippen LogP) is 2.52. The van der Waals surface area contributed by atoms with Crippen LogP contribution in [0, 0.1) is 13.8 Å². The van der Waals surface area contributed by atoms with Crippen molar-refractivity contribution in [2.45, 2.75) is 33.1 Å². The number of nitrogens with one attached hydrogen (secondary N) is 1. The van der Waals surface area contributed by atoms with Crippen LogP contribution < -0.4 is 5.32 Å². The first-order valence-electron chi connectivity index (χ1n) is 9.51. The van der Waals surface area contributed by atoms with Crippen LogP contribution in [-0.2, 0) is 24.7 Å². The molecule has 0 aliphatic carbocycles. The van der Waals surface area contributed by atoms with Gasteiger partial charge in [-0.3, -0.25) is 4.79 Å². The van der Waals surface area contributed by atoms with Crippen LogP contribution in [0.4, 0.5) is 0 Å². The zero-order valence-corrected chi connectivity index (χ0v) is 16.4. The molecule has 0 aliphatic heterocycles. The molecule has 7 heteroatoms. The van der Waals surface area contributed by atoms with Crippen LogP contribution >= 0.6 is 0 Å². The molecule has 1 aromatic carbocycles. The summed E-state index contributed by atoms with van der Waals surface area (Å²) < 4.78 is 3.86. The number of rotatable bonds is 6. The highest BCUT2D eigenvalue weighted by Crippen LogP contribution is 2.22. The minimum absolute atomic E-state index is 0.0405. The molecule has 0 radical (unpaired) electrons. The molecule has 0 saturated heterocycles. The Balaban J connectivity index is 1.45. The molecular formula is C21H24N6O. The monoisotopic (exact) mass is 376 g/mol. The summed E-state index contributed by atoms with van der Waals surface area (Å²) in [5, 5.41) is 8.70. The number of benzene rings is 1. The van der Waals surface area contributed by atoms with E-state index in [2.05, 4.69) is 15.4 Å². The Hall–Kier alpha value is -3.22. The standard InChI is InChI=1S/C21H24N6O/c1-14-16(8-9-20(28)23-11-10-19-22-12-13-26(19)3)15(2)27-21(24-14)17-6-4-5-7-18(17)25-27/h4-7,12-13H,8-11H2,1-3H3,(H,23,28). The molecule has 4 rings (SSSR count). The van der Waals surface area contributed by atoms with E-state index in [9.17, 15) is 4.79 Å². The summed E-state index contributed by atoms with van der Waals surface area (Å²) in [5.41, 5.74) is 4.88. The first-order chi connectivity index (χ1) is 13.5. The topological polar surface area (TPSA) is 77.1 Å². The zero-order chi connectivity index (χ0) is 19.7. The van der Waals surface area contributed by atoms with Crippen LogP contribution in [-0.4, -0.2) is 36.6 Å². The van der Waals surface area contributed by atoms with E-state index >= 15 is 0 Å². The maximum atomic E-state index is 12.3. The van der Waals surface area contributed by atoms with E-state index in [-0.39, 0.29) is 5.91 Å². The third-order valence-electron chi connectivity index (χ3n) is 5.21. The fourth-order valence-corrected chi connectivity index (χ4v) is 3.62. The largest absolute Gasteiger partial charge is 0.356 e. The summed E-state index contributed by atoms with van der Waals surface area (Å²) in [4.78, 5) is 21.3. The van der Waals surface area contributed by atoms with Crippen LogP contribution in [0.25, 0.3) is 16.6 Å². The number of aromatic nitrogens is 5. The van der Waals surface area contributed by atoms with Crippen molar-refractivity contribution in [2.24, 2.45) is 7.05 Å². The molecule has 4 aromatic rings. The molecule has 0 spiro atoms. The molecule has 0 unspecified atom stereocenters. The Morgan fingerprint density at radius 2 is 2.00 bits per heavy atom. The third kappa shape index (κ3) is 3.35. The fourth-order valence-electron chi connectivity index (χ4n) is 3.62. The number of carbonyl (C=O) groups is 1. The van der Waals surface area contributed by atoms with E-state index in [4.69, 9.17) is 4.98 Å². The fraction of sp³-hybridized carbons (Fsp3) is 0.333. The van der Waals surface area contributed by atoms with Gasteiger partial charge in [0.2, 0.25) is 5.91 Å². The summed E-state index contributed by atoms with van der Waals surface area (Å²) >= 11 is 0. The smallest absolute Gasteiger partial charge is 0.220 e. The molecule has 144 valence electrons. The Morgan fingerprint density at radius 1 is 1.18 bits per heavy atom. The Kier molecular flexibility index (Phi) is 4.81. The molecular weight excluding hydrogens is 352 g/mol. The predicted molar refractivity (Wildman–Crippen MR) is 108 cm³/mol. The highest BCUT2D eigenvalue weighted by Gasteiger charge is 2.14. The van der Waals surface area contributed by atoms with Crippen LogP contribution in [0.5, 0.6) is 0 Å². The van der Waals surface area contributed by atoms with Gasteiger partial charge in [0.25, 0.3) is 0 Å². The van der Waals surface area contributed by atoms with Crippen molar-refractivity contribution in [3.63, 3.8) is 0 Å². The van der Waals surface area contributed by atoms with Gasteiger partial charge in [0.15, 0.2) is 5.65 Å². The SMILES string of the molecule is Cc1nc2c3ccccc3nn2c(C)c1CCC(=O)NCCc1nccn1C. The zero-order valence-electron chi connectivity index (χ0n) is 16.4. The molecule has 0 saturated carbocycles. The van der Waals surface area contributed by atoms with E-state index in [0.29, 0.717) is 19.4 Å². The summed E-state index contributed by atoms with van der Waals surface area (Å²) in [6.07, 6.45) is 5.47. The molecule has 3 aromatic heterocycles. The highest BCUT2D eigenvalue weighted by atomic mass is 16.1. The van der Waals surface area contributed by atoms with E-state index in [1.165, 1.54) is 0 Å². The molecule has 3 heterocycles. The molecule has 7 nitrogen and oxygen atoms in total. The normalized spacial score (nSPS) is 11.4. The van der Waals surface area contributed by atoms with E-state index in [0.717, 1.165) is 45.7 Å². The first-order valence-corrected chi connectivity index (χ1v) is 9.51. The van der Waals surface area contributed by atoms with Crippen molar-refractivity contribution in [2.75, 3.05) is 6.54 Å². The molecule has 1 N–H and O–H groups in total. The maximum absolute atomic E-state index is 12.3. The second kappa shape index (κ2) is 7.42. The van der Waals surface area contributed by atoms with Crippen LogP contribution in [0.1, 0.15) is 29.2 Å². The number of hydrogen-bond donors (Lipinski definition) is 1. The number of nitrogens with zero attached hydrogens (tertiary/aromatic N) is 5. The molecule has 0 atom stereocenters. The van der Waals surface area contributed by atoms with E-state index in [1.54, 1.807) is 6.20 Å². The van der Waals surface area contributed by atoms with Crippen molar-refractivity contribution in [1.29, 1.82) is 0 Å². The second-order valence-electron chi connectivity index (χ2n) is 7.07. The van der Waals surface area contributed by atoms with Crippen molar-refractivity contribution >= 4 is 22.5 Å². The van der Waals surface area contributed by atoms with Gasteiger partial charge < -0.3 is 9.88 Å². The Labute approximate surface area is 163 Å². The van der Waals surface area contributed by atoms with Crippen LogP contribution in [0.15, 0.2) is 36.7 Å². The number of carbonyl (C=O) groups excluding carboxylic acids is 1. The molecule has 0 fully saturated rings. The number of imidazole rings is 1. The van der Waals surface area contributed by atoms with Gasteiger partial charge in [0, 0.05) is 55.6 Å². The number of fused-ring (bicyclic) bond motifs is 3. The second-order valence-corrected chi connectivity index (χ2v) is 7.07. The van der Waals surface area contributed by atoms with Crippen molar-refractivity contribution in [1.82, 2.24) is 29.5 Å². The minimum Gasteiger partial charge on any atom is -0.356 e. The highest BCUT2D eigenvalue weighted by molar-refractivity contribution is 5.92. The van der Waals surface area contributed by atoms with Gasteiger partial charge in [-0.05, 0) is 38.0 Å². The molecule has 1 amide bonds. The minimum atomic E-state index is 0.0405. The molecule has 28 heavy (non-hydrogen) atoms. The van der Waals surface area contributed by atoms with Crippen LogP contribution in [0.3, 0.4) is 0 Å². The number of hydrogen-bond acceptors (Lipinski definition) is 4. The summed E-state index contributed by atoms with van der Waals surface area (Å²) in [5.74, 6) is 1.01. The van der Waals surface area contributed by atoms with Gasteiger partial charge in [-0.25, -0.2) is 14.5 Å². The summed E-state index contributed by atoms with van der Waals surface area (Å²) in [6.45, 7) is 4.63. The average Bonchev–Trinajstić information content (AvgIpc) is 3.25. The number of amides is 1.